The van der Waals surface area contributed by atoms with Crippen molar-refractivity contribution in [2.24, 2.45) is 5.73 Å². The fraction of sp³-hybridized carbons (Fsp3) is 0.444. The van der Waals surface area contributed by atoms with E-state index in [1.807, 2.05) is 6.92 Å². The van der Waals surface area contributed by atoms with E-state index in [1.165, 1.54) is 4.68 Å². The van der Waals surface area contributed by atoms with Crippen molar-refractivity contribution in [3.63, 3.8) is 0 Å². The van der Waals surface area contributed by atoms with E-state index in [0.29, 0.717) is 12.2 Å². The van der Waals surface area contributed by atoms with Crippen molar-refractivity contribution < 1.29 is 14.4 Å². The van der Waals surface area contributed by atoms with Gasteiger partial charge in [-0.2, -0.15) is 5.10 Å². The third-order valence-electron chi connectivity index (χ3n) is 1.81. The van der Waals surface area contributed by atoms with Crippen LogP contribution in [0.25, 0.3) is 0 Å². The van der Waals surface area contributed by atoms with E-state index >= 15 is 0 Å². The van der Waals surface area contributed by atoms with Crippen molar-refractivity contribution in [2.75, 3.05) is 6.61 Å². The molecule has 16 heavy (non-hydrogen) atoms. The van der Waals surface area contributed by atoms with Crippen molar-refractivity contribution >= 4 is 11.8 Å². The molecule has 0 bridgehead atoms. The first-order chi connectivity index (χ1) is 7.54. The zero-order valence-corrected chi connectivity index (χ0v) is 9.19. The first-order valence-corrected chi connectivity index (χ1v) is 4.79. The summed E-state index contributed by atoms with van der Waals surface area (Å²) in [5.41, 5.74) is 8.08. The molecule has 88 valence electrons. The van der Waals surface area contributed by atoms with E-state index in [1.54, 1.807) is 13.0 Å². The Morgan fingerprint density at radius 3 is 2.88 bits per heavy atom. The van der Waals surface area contributed by atoms with Gasteiger partial charge in [-0.1, -0.05) is 0 Å². The van der Waals surface area contributed by atoms with Gasteiger partial charge in [0, 0.05) is 6.54 Å². The maximum absolute atomic E-state index is 11.6. The Morgan fingerprint density at radius 2 is 2.31 bits per heavy atom. The van der Waals surface area contributed by atoms with Crippen molar-refractivity contribution in [3.8, 4) is 0 Å². The van der Waals surface area contributed by atoms with Crippen LogP contribution >= 0.6 is 0 Å². The van der Waals surface area contributed by atoms with Crippen LogP contribution in [0.15, 0.2) is 6.07 Å². The molecular formula is C9H14N4O3. The Bertz CT molecular complexity index is 399. The van der Waals surface area contributed by atoms with Gasteiger partial charge in [0.05, 0.1) is 5.69 Å². The van der Waals surface area contributed by atoms with Gasteiger partial charge in [-0.25, -0.2) is 5.48 Å². The number of nitrogens with two attached hydrogens (primary N) is 1. The lowest BCUT2D eigenvalue weighted by Crippen LogP contribution is -2.30. The van der Waals surface area contributed by atoms with Crippen molar-refractivity contribution in [3.05, 3.63) is 17.5 Å². The largest absolute Gasteiger partial charge is 0.368 e. The molecule has 1 aromatic rings. The highest BCUT2D eigenvalue weighted by molar-refractivity contribution is 5.92. The number of hydrogen-bond acceptors (Lipinski definition) is 4. The number of rotatable bonds is 5. The van der Waals surface area contributed by atoms with Crippen molar-refractivity contribution in [1.82, 2.24) is 15.3 Å². The molecule has 7 heteroatoms. The topological polar surface area (TPSA) is 99.2 Å². The summed E-state index contributed by atoms with van der Waals surface area (Å²) in [6.45, 7) is 3.87. The molecule has 0 fully saturated rings. The maximum Gasteiger partial charge on any atom is 0.293 e. The molecule has 1 rings (SSSR count). The molecule has 0 aliphatic carbocycles. The molecule has 0 aliphatic rings. The van der Waals surface area contributed by atoms with Crippen LogP contribution in [0, 0.1) is 6.92 Å². The molecule has 2 amide bonds. The number of carbonyl (C=O) groups is 2. The Labute approximate surface area is 92.5 Å². The Morgan fingerprint density at radius 1 is 1.62 bits per heavy atom. The highest BCUT2D eigenvalue weighted by Crippen LogP contribution is 2.03. The summed E-state index contributed by atoms with van der Waals surface area (Å²) >= 11 is 0. The van der Waals surface area contributed by atoms with Crippen LogP contribution in [0.3, 0.4) is 0 Å². The van der Waals surface area contributed by atoms with Gasteiger partial charge in [0.2, 0.25) is 5.91 Å². The van der Waals surface area contributed by atoms with Crippen molar-refractivity contribution in [1.29, 1.82) is 0 Å². The lowest BCUT2D eigenvalue weighted by molar-refractivity contribution is -0.124. The molecule has 0 unspecified atom stereocenters. The molecule has 0 aliphatic heterocycles. The number of aromatic nitrogens is 2. The van der Waals surface area contributed by atoms with Crippen LogP contribution in [0.1, 0.15) is 23.1 Å². The standard InChI is InChI=1S/C9H14N4O3/c1-3-13-7(4-6(2)11-13)9(15)12-16-5-8(10)14/h4H,3,5H2,1-2H3,(H2,10,14)(H,12,15). The second kappa shape index (κ2) is 5.26. The fourth-order valence-corrected chi connectivity index (χ4v) is 1.19. The monoisotopic (exact) mass is 226 g/mol. The van der Waals surface area contributed by atoms with Crippen LogP contribution in [-0.2, 0) is 16.2 Å². The molecule has 1 aromatic heterocycles. The maximum atomic E-state index is 11.6. The van der Waals surface area contributed by atoms with Gasteiger partial charge in [0.25, 0.3) is 5.91 Å². The average Bonchev–Trinajstić information content (AvgIpc) is 2.59. The number of hydrogen-bond donors (Lipinski definition) is 2. The van der Waals surface area contributed by atoms with Gasteiger partial charge >= 0.3 is 0 Å². The highest BCUT2D eigenvalue weighted by atomic mass is 16.7. The van der Waals surface area contributed by atoms with E-state index in [-0.39, 0.29) is 6.61 Å². The van der Waals surface area contributed by atoms with Gasteiger partial charge in [0.1, 0.15) is 5.69 Å². The molecule has 0 radical (unpaired) electrons. The van der Waals surface area contributed by atoms with Crippen LogP contribution in [0.2, 0.25) is 0 Å². The summed E-state index contributed by atoms with van der Waals surface area (Å²) in [5, 5.41) is 4.10. The smallest absolute Gasteiger partial charge is 0.293 e. The zero-order valence-electron chi connectivity index (χ0n) is 9.19. The molecule has 0 saturated carbocycles. The van der Waals surface area contributed by atoms with Crippen LogP contribution in [-0.4, -0.2) is 28.2 Å². The lowest BCUT2D eigenvalue weighted by Gasteiger charge is -2.05. The van der Waals surface area contributed by atoms with Crippen LogP contribution in [0.4, 0.5) is 0 Å². The minimum Gasteiger partial charge on any atom is -0.368 e. The van der Waals surface area contributed by atoms with Crippen LogP contribution in [0.5, 0.6) is 0 Å². The molecule has 0 aromatic carbocycles. The Kier molecular flexibility index (Phi) is 4.01. The zero-order chi connectivity index (χ0) is 12.1. The molecule has 0 spiro atoms. The molecule has 0 atom stereocenters. The predicted molar refractivity (Wildman–Crippen MR) is 55.3 cm³/mol. The highest BCUT2D eigenvalue weighted by Gasteiger charge is 2.13. The predicted octanol–water partition coefficient (Wildman–Crippen LogP) is -0.642. The number of carbonyl (C=O) groups excluding carboxylic acids is 2. The normalized spacial score (nSPS) is 10.1. The van der Waals surface area contributed by atoms with Gasteiger partial charge in [-0.05, 0) is 19.9 Å². The summed E-state index contributed by atoms with van der Waals surface area (Å²) < 4.78 is 1.54. The summed E-state index contributed by atoms with van der Waals surface area (Å²) in [4.78, 5) is 26.5. The number of nitrogens with zero attached hydrogens (tertiary/aromatic N) is 2. The lowest BCUT2D eigenvalue weighted by atomic mass is 10.3. The summed E-state index contributed by atoms with van der Waals surface area (Å²) in [7, 11) is 0. The Hall–Kier alpha value is -1.89. The third-order valence-corrected chi connectivity index (χ3v) is 1.81. The quantitative estimate of drug-likeness (QED) is 0.652. The minimum atomic E-state index is -0.652. The van der Waals surface area contributed by atoms with Gasteiger partial charge in [0.15, 0.2) is 6.61 Å². The Balaban J connectivity index is 2.61. The van der Waals surface area contributed by atoms with E-state index in [2.05, 4.69) is 15.4 Å². The van der Waals surface area contributed by atoms with E-state index in [4.69, 9.17) is 5.73 Å². The summed E-state index contributed by atoms with van der Waals surface area (Å²) in [6.07, 6.45) is 0. The number of aryl methyl sites for hydroxylation is 2. The minimum absolute atomic E-state index is 0.356. The average molecular weight is 226 g/mol. The fourth-order valence-electron chi connectivity index (χ4n) is 1.19. The third kappa shape index (κ3) is 3.06. The van der Waals surface area contributed by atoms with Crippen molar-refractivity contribution in [2.45, 2.75) is 20.4 Å². The molecular weight excluding hydrogens is 212 g/mol. The first-order valence-electron chi connectivity index (χ1n) is 4.79. The van der Waals surface area contributed by atoms with Crippen LogP contribution < -0.4 is 11.2 Å². The molecule has 7 nitrogen and oxygen atoms in total. The van der Waals surface area contributed by atoms with E-state index in [9.17, 15) is 9.59 Å². The second-order valence-electron chi connectivity index (χ2n) is 3.17. The number of amides is 2. The summed E-state index contributed by atoms with van der Waals surface area (Å²) in [5.74, 6) is -1.11. The number of nitrogens with one attached hydrogen (secondary N) is 1. The van der Waals surface area contributed by atoms with E-state index < -0.39 is 11.8 Å². The van der Waals surface area contributed by atoms with Gasteiger partial charge in [-0.3, -0.25) is 19.1 Å². The number of primary amides is 1. The first kappa shape index (κ1) is 12.2. The molecule has 0 saturated heterocycles. The van der Waals surface area contributed by atoms with Gasteiger partial charge in [-0.15, -0.1) is 0 Å². The van der Waals surface area contributed by atoms with E-state index in [0.717, 1.165) is 5.69 Å². The molecule has 1 heterocycles. The second-order valence-corrected chi connectivity index (χ2v) is 3.17. The van der Waals surface area contributed by atoms with Gasteiger partial charge < -0.3 is 5.73 Å². The molecule has 3 N–H and O–H groups in total. The SMILES string of the molecule is CCn1nc(C)cc1C(=O)NOCC(N)=O. The summed E-state index contributed by atoms with van der Waals surface area (Å²) in [6, 6.07) is 1.63. The number of hydroxylamine groups is 1.